The van der Waals surface area contributed by atoms with Gasteiger partial charge in [0.2, 0.25) is 17.6 Å². The monoisotopic (exact) mass is 423 g/mol. The smallest absolute Gasteiger partial charge is 0.281 e. The molecule has 1 aliphatic heterocycles. The Hall–Kier alpha value is -2.50. The number of benzene rings is 1. The van der Waals surface area contributed by atoms with E-state index in [-0.39, 0.29) is 24.9 Å². The molecule has 0 spiro atoms. The highest BCUT2D eigenvalue weighted by Gasteiger charge is 2.33. The molecule has 1 aromatic heterocycles. The van der Waals surface area contributed by atoms with Crippen LogP contribution in [0.5, 0.6) is 5.75 Å². The summed E-state index contributed by atoms with van der Waals surface area (Å²) in [5.74, 6) is 0.694. The molecule has 11 heteroatoms. The van der Waals surface area contributed by atoms with E-state index in [0.717, 1.165) is 9.87 Å². The maximum atomic E-state index is 12.5. The topological polar surface area (TPSA) is 118 Å². The van der Waals surface area contributed by atoms with E-state index in [0.29, 0.717) is 31.0 Å². The summed E-state index contributed by atoms with van der Waals surface area (Å²) in [5.41, 5.74) is 0.738. The Morgan fingerprint density at radius 2 is 2.21 bits per heavy atom. The molecule has 29 heavy (non-hydrogen) atoms. The lowest BCUT2D eigenvalue weighted by atomic mass is 9.99. The molecule has 3 rings (SSSR count). The van der Waals surface area contributed by atoms with Gasteiger partial charge in [-0.2, -0.15) is 22.0 Å². The fourth-order valence-corrected chi connectivity index (χ4v) is 4.30. The van der Waals surface area contributed by atoms with Crippen LogP contribution in [0.25, 0.3) is 11.4 Å². The Balaban J connectivity index is 1.59. The molecule has 0 saturated carbocycles. The molecule has 1 saturated heterocycles. The average molecular weight is 423 g/mol. The summed E-state index contributed by atoms with van der Waals surface area (Å²) in [5, 5.41) is 6.69. The van der Waals surface area contributed by atoms with Crippen molar-refractivity contribution in [1.29, 1.82) is 0 Å². The molecule has 1 aromatic carbocycles. The third-order valence-corrected chi connectivity index (χ3v) is 6.66. The average Bonchev–Trinajstić information content (AvgIpc) is 3.21. The highest BCUT2D eigenvalue weighted by Crippen LogP contribution is 2.22. The molecule has 158 valence electrons. The van der Waals surface area contributed by atoms with Gasteiger partial charge >= 0.3 is 0 Å². The molecule has 1 atom stereocenters. The minimum Gasteiger partial charge on any atom is -0.497 e. The zero-order chi connectivity index (χ0) is 21.0. The van der Waals surface area contributed by atoms with Crippen LogP contribution in [0.1, 0.15) is 18.7 Å². The van der Waals surface area contributed by atoms with Gasteiger partial charge < -0.3 is 14.6 Å². The molecule has 2 aromatic rings. The van der Waals surface area contributed by atoms with Crippen molar-refractivity contribution in [1.82, 2.24) is 24.1 Å². The Labute approximate surface area is 170 Å². The predicted molar refractivity (Wildman–Crippen MR) is 105 cm³/mol. The molecule has 0 aliphatic carbocycles. The van der Waals surface area contributed by atoms with Crippen LogP contribution in [0.2, 0.25) is 0 Å². The number of hydrogen-bond acceptors (Lipinski definition) is 7. The van der Waals surface area contributed by atoms with Gasteiger partial charge in [-0.1, -0.05) is 17.3 Å². The van der Waals surface area contributed by atoms with Gasteiger partial charge in [0.05, 0.1) is 19.6 Å². The number of ether oxygens (including phenoxy) is 1. The minimum absolute atomic E-state index is 0.0761. The molecule has 1 fully saturated rings. The summed E-state index contributed by atoms with van der Waals surface area (Å²) in [6.45, 7) is 0.649. The molecule has 0 bridgehead atoms. The van der Waals surface area contributed by atoms with Gasteiger partial charge in [-0.15, -0.1) is 0 Å². The van der Waals surface area contributed by atoms with Gasteiger partial charge in [0.1, 0.15) is 5.75 Å². The first kappa shape index (κ1) is 21.2. The highest BCUT2D eigenvalue weighted by molar-refractivity contribution is 7.86. The number of carbonyl (C=O) groups excluding carboxylic acids is 1. The van der Waals surface area contributed by atoms with Crippen molar-refractivity contribution in [2.75, 3.05) is 34.3 Å². The number of rotatable bonds is 7. The van der Waals surface area contributed by atoms with Crippen LogP contribution in [-0.2, 0) is 21.5 Å². The second-order valence-corrected chi connectivity index (χ2v) is 9.09. The van der Waals surface area contributed by atoms with E-state index in [1.807, 2.05) is 18.2 Å². The van der Waals surface area contributed by atoms with Crippen LogP contribution in [0, 0.1) is 5.92 Å². The van der Waals surface area contributed by atoms with Crippen LogP contribution >= 0.6 is 0 Å². The number of nitrogens with one attached hydrogen (secondary N) is 1. The summed E-state index contributed by atoms with van der Waals surface area (Å²) in [6.07, 6.45) is 1.26. The van der Waals surface area contributed by atoms with Gasteiger partial charge in [0.15, 0.2) is 0 Å². The van der Waals surface area contributed by atoms with Crippen molar-refractivity contribution in [3.05, 3.63) is 30.2 Å². The van der Waals surface area contributed by atoms with Crippen LogP contribution < -0.4 is 10.1 Å². The summed E-state index contributed by atoms with van der Waals surface area (Å²) in [6, 6.07) is 7.25. The van der Waals surface area contributed by atoms with Gasteiger partial charge in [-0.05, 0) is 25.0 Å². The SMILES string of the molecule is COc1cccc(-c2noc(CNC(=O)[C@H]3CCCN(S(=O)(=O)N(C)C)C3)n2)c1. The number of piperidine rings is 1. The number of hydrogen-bond donors (Lipinski definition) is 1. The van der Waals surface area contributed by atoms with Crippen LogP contribution in [0.4, 0.5) is 0 Å². The number of amides is 1. The van der Waals surface area contributed by atoms with E-state index < -0.39 is 16.1 Å². The second-order valence-electron chi connectivity index (χ2n) is 6.95. The fraction of sp³-hybridized carbons (Fsp3) is 0.500. The van der Waals surface area contributed by atoms with E-state index in [2.05, 4.69) is 15.5 Å². The van der Waals surface area contributed by atoms with E-state index >= 15 is 0 Å². The molecule has 1 amide bonds. The van der Waals surface area contributed by atoms with Crippen LogP contribution in [0.15, 0.2) is 28.8 Å². The van der Waals surface area contributed by atoms with Crippen molar-refractivity contribution in [2.24, 2.45) is 5.92 Å². The molecule has 1 N–H and O–H groups in total. The van der Waals surface area contributed by atoms with Crippen LogP contribution in [-0.4, -0.2) is 67.4 Å². The van der Waals surface area contributed by atoms with Gasteiger partial charge in [0.25, 0.3) is 10.2 Å². The first-order valence-electron chi connectivity index (χ1n) is 9.23. The molecule has 0 radical (unpaired) electrons. The quantitative estimate of drug-likeness (QED) is 0.702. The Kier molecular flexibility index (Phi) is 6.50. The second kappa shape index (κ2) is 8.89. The normalized spacial score (nSPS) is 18.0. The van der Waals surface area contributed by atoms with Gasteiger partial charge in [-0.25, -0.2) is 0 Å². The lowest BCUT2D eigenvalue weighted by Crippen LogP contribution is -2.48. The van der Waals surface area contributed by atoms with E-state index in [9.17, 15) is 13.2 Å². The Bertz CT molecular complexity index is 959. The molecule has 1 aliphatic rings. The first-order valence-corrected chi connectivity index (χ1v) is 10.6. The van der Waals surface area contributed by atoms with Crippen molar-refractivity contribution < 1.29 is 22.5 Å². The van der Waals surface area contributed by atoms with E-state index in [1.165, 1.54) is 18.4 Å². The maximum Gasteiger partial charge on any atom is 0.281 e. The summed E-state index contributed by atoms with van der Waals surface area (Å²) < 4.78 is 37.5. The first-order chi connectivity index (χ1) is 13.8. The molecule has 10 nitrogen and oxygen atoms in total. The fourth-order valence-electron chi connectivity index (χ4n) is 3.11. The maximum absolute atomic E-state index is 12.5. The number of aromatic nitrogens is 2. The zero-order valence-corrected chi connectivity index (χ0v) is 17.5. The van der Waals surface area contributed by atoms with Gasteiger partial charge in [-0.3, -0.25) is 4.79 Å². The largest absolute Gasteiger partial charge is 0.497 e. The van der Waals surface area contributed by atoms with Crippen molar-refractivity contribution in [2.45, 2.75) is 19.4 Å². The minimum atomic E-state index is -3.53. The molecular formula is C18H25N5O5S. The number of nitrogens with zero attached hydrogens (tertiary/aromatic N) is 4. The van der Waals surface area contributed by atoms with E-state index in [4.69, 9.17) is 9.26 Å². The summed E-state index contributed by atoms with van der Waals surface area (Å²) >= 11 is 0. The summed E-state index contributed by atoms with van der Waals surface area (Å²) in [7, 11) is 1.01. The van der Waals surface area contributed by atoms with Gasteiger partial charge in [0, 0.05) is 32.7 Å². The highest BCUT2D eigenvalue weighted by atomic mass is 32.2. The number of methoxy groups -OCH3 is 1. The Morgan fingerprint density at radius 1 is 1.41 bits per heavy atom. The molecular weight excluding hydrogens is 398 g/mol. The number of carbonyl (C=O) groups is 1. The third-order valence-electron chi connectivity index (χ3n) is 4.75. The third kappa shape index (κ3) is 4.92. The lowest BCUT2D eigenvalue weighted by molar-refractivity contribution is -0.126. The predicted octanol–water partition coefficient (Wildman–Crippen LogP) is 0.880. The zero-order valence-electron chi connectivity index (χ0n) is 16.7. The molecule has 0 unspecified atom stereocenters. The van der Waals surface area contributed by atoms with Crippen molar-refractivity contribution in [3.8, 4) is 17.1 Å². The lowest BCUT2D eigenvalue weighted by Gasteiger charge is -2.32. The standard InChI is InChI=1S/C18H25N5O5S/c1-22(2)29(25,26)23-9-5-7-14(12-23)18(24)19-11-16-20-17(21-28-16)13-6-4-8-15(10-13)27-3/h4,6,8,10,14H,5,7,9,11-12H2,1-3H3,(H,19,24)/t14-/m0/s1. The molecule has 2 heterocycles. The van der Waals surface area contributed by atoms with Crippen molar-refractivity contribution >= 4 is 16.1 Å². The van der Waals surface area contributed by atoms with E-state index in [1.54, 1.807) is 13.2 Å². The summed E-state index contributed by atoms with van der Waals surface area (Å²) in [4.78, 5) is 16.8. The van der Waals surface area contributed by atoms with Crippen molar-refractivity contribution in [3.63, 3.8) is 0 Å². The Morgan fingerprint density at radius 3 is 2.93 bits per heavy atom. The van der Waals surface area contributed by atoms with Crippen LogP contribution in [0.3, 0.4) is 0 Å².